The lowest BCUT2D eigenvalue weighted by atomic mass is 9.86. The smallest absolute Gasteiger partial charge is 0.186 e. The molecule has 1 fully saturated rings. The molecule has 1 saturated heterocycles. The van der Waals surface area contributed by atoms with Crippen LogP contribution in [0.4, 0.5) is 5.13 Å². The van der Waals surface area contributed by atoms with Crippen molar-refractivity contribution in [1.29, 1.82) is 0 Å². The molecule has 0 aromatic carbocycles. The third-order valence-electron chi connectivity index (χ3n) is 4.98. The quantitative estimate of drug-likeness (QED) is 0.881. The number of nitrogens with one attached hydrogen (secondary N) is 1. The van der Waals surface area contributed by atoms with Crippen LogP contribution in [0.2, 0.25) is 0 Å². The van der Waals surface area contributed by atoms with E-state index in [9.17, 15) is 0 Å². The molecule has 4 atom stereocenters. The van der Waals surface area contributed by atoms with E-state index in [-0.39, 0.29) is 0 Å². The Balaban J connectivity index is 2.30. The molecule has 2 heterocycles. The topological polar surface area (TPSA) is 28.2 Å². The lowest BCUT2D eigenvalue weighted by molar-refractivity contribution is 0.296. The number of hydrogen-bond donors (Lipinski definition) is 1. The molecule has 3 nitrogen and oxygen atoms in total. The molecule has 1 N–H and O–H groups in total. The highest BCUT2D eigenvalue weighted by Crippen LogP contribution is 2.37. The van der Waals surface area contributed by atoms with Crippen molar-refractivity contribution >= 4 is 16.5 Å². The average molecular weight is 310 g/mol. The molecule has 1 aromatic heterocycles. The second-order valence-electron chi connectivity index (χ2n) is 6.86. The molecular formula is C17H31N3S. The molecule has 0 bridgehead atoms. The van der Waals surface area contributed by atoms with Gasteiger partial charge in [-0.3, -0.25) is 0 Å². The number of aromatic nitrogens is 1. The van der Waals surface area contributed by atoms with Crippen LogP contribution in [0.5, 0.6) is 0 Å². The Morgan fingerprint density at radius 3 is 2.71 bits per heavy atom. The molecule has 0 aliphatic carbocycles. The molecule has 0 radical (unpaired) electrons. The molecule has 120 valence electrons. The van der Waals surface area contributed by atoms with Gasteiger partial charge in [-0.05, 0) is 44.6 Å². The summed E-state index contributed by atoms with van der Waals surface area (Å²) in [5, 5.41) is 4.54. The maximum atomic E-state index is 5.05. The van der Waals surface area contributed by atoms with Crippen molar-refractivity contribution in [2.45, 2.75) is 66.0 Å². The van der Waals surface area contributed by atoms with Crippen LogP contribution in [-0.2, 0) is 6.54 Å². The maximum absolute atomic E-state index is 5.05. The van der Waals surface area contributed by atoms with Gasteiger partial charge in [-0.15, -0.1) is 11.3 Å². The van der Waals surface area contributed by atoms with Gasteiger partial charge in [0.05, 0.1) is 5.69 Å². The van der Waals surface area contributed by atoms with E-state index in [1.807, 2.05) is 18.4 Å². The van der Waals surface area contributed by atoms with Gasteiger partial charge < -0.3 is 10.2 Å². The number of anilines is 1. The zero-order valence-electron chi connectivity index (χ0n) is 14.4. The van der Waals surface area contributed by atoms with E-state index in [1.165, 1.54) is 22.1 Å². The van der Waals surface area contributed by atoms with Crippen molar-refractivity contribution in [3.05, 3.63) is 10.6 Å². The second kappa shape index (κ2) is 7.10. The molecule has 2 rings (SSSR count). The minimum Gasteiger partial charge on any atom is -0.345 e. The lowest BCUT2D eigenvalue weighted by Crippen LogP contribution is -2.45. The van der Waals surface area contributed by atoms with E-state index in [2.05, 4.69) is 44.8 Å². The number of hydrogen-bond acceptors (Lipinski definition) is 4. The highest BCUT2D eigenvalue weighted by molar-refractivity contribution is 7.15. The monoisotopic (exact) mass is 309 g/mol. The van der Waals surface area contributed by atoms with Crippen LogP contribution < -0.4 is 10.2 Å². The van der Waals surface area contributed by atoms with Crippen LogP contribution >= 0.6 is 11.3 Å². The standard InChI is InChI=1S/C17H31N3S/c1-7-12(3)16-15(9-18-6)21-17(19-16)20-10-11(2)8-13(4)14(20)5/h11-14,18H,7-10H2,1-6H3. The average Bonchev–Trinajstić information content (AvgIpc) is 2.86. The maximum Gasteiger partial charge on any atom is 0.186 e. The highest BCUT2D eigenvalue weighted by atomic mass is 32.1. The van der Waals surface area contributed by atoms with Gasteiger partial charge in [0.2, 0.25) is 0 Å². The van der Waals surface area contributed by atoms with E-state index in [0.29, 0.717) is 12.0 Å². The Morgan fingerprint density at radius 1 is 1.38 bits per heavy atom. The van der Waals surface area contributed by atoms with Crippen LogP contribution in [0.25, 0.3) is 0 Å². The van der Waals surface area contributed by atoms with Crippen molar-refractivity contribution in [2.24, 2.45) is 11.8 Å². The first-order valence-electron chi connectivity index (χ1n) is 8.38. The minimum atomic E-state index is 0.549. The predicted octanol–water partition coefficient (Wildman–Crippen LogP) is 4.25. The fourth-order valence-corrected chi connectivity index (χ4v) is 4.60. The minimum absolute atomic E-state index is 0.549. The Bertz CT molecular complexity index is 457. The Hall–Kier alpha value is -0.610. The van der Waals surface area contributed by atoms with Gasteiger partial charge in [0.1, 0.15) is 0 Å². The highest BCUT2D eigenvalue weighted by Gasteiger charge is 2.31. The molecular weight excluding hydrogens is 278 g/mol. The summed E-state index contributed by atoms with van der Waals surface area (Å²) in [4.78, 5) is 9.01. The van der Waals surface area contributed by atoms with Crippen LogP contribution in [0, 0.1) is 11.8 Å². The number of rotatable bonds is 5. The molecule has 0 amide bonds. The number of nitrogens with zero attached hydrogens (tertiary/aromatic N) is 2. The summed E-state index contributed by atoms with van der Waals surface area (Å²) >= 11 is 1.89. The van der Waals surface area contributed by atoms with Crippen molar-refractivity contribution in [1.82, 2.24) is 10.3 Å². The van der Waals surface area contributed by atoms with E-state index < -0.39 is 0 Å². The third kappa shape index (κ3) is 3.59. The van der Waals surface area contributed by atoms with Crippen LogP contribution in [0.1, 0.15) is 63.9 Å². The molecule has 0 spiro atoms. The molecule has 1 aromatic rings. The zero-order chi connectivity index (χ0) is 15.6. The Morgan fingerprint density at radius 2 is 2.10 bits per heavy atom. The number of piperidine rings is 1. The van der Waals surface area contributed by atoms with Crippen LogP contribution in [0.15, 0.2) is 0 Å². The van der Waals surface area contributed by atoms with Crippen LogP contribution in [-0.4, -0.2) is 24.6 Å². The second-order valence-corrected chi connectivity index (χ2v) is 7.92. The first kappa shape index (κ1) is 16.8. The molecule has 1 aliphatic heterocycles. The van der Waals surface area contributed by atoms with E-state index in [1.54, 1.807) is 0 Å². The number of thiazole rings is 1. The summed E-state index contributed by atoms with van der Waals surface area (Å²) in [7, 11) is 2.02. The molecule has 4 unspecified atom stereocenters. The summed E-state index contributed by atoms with van der Waals surface area (Å²) in [6.07, 6.45) is 2.49. The Labute approximate surface area is 134 Å². The van der Waals surface area contributed by atoms with E-state index in [0.717, 1.165) is 31.3 Å². The first-order chi connectivity index (χ1) is 9.97. The fourth-order valence-electron chi connectivity index (χ4n) is 3.31. The van der Waals surface area contributed by atoms with Gasteiger partial charge in [0.15, 0.2) is 5.13 Å². The van der Waals surface area contributed by atoms with Gasteiger partial charge in [-0.25, -0.2) is 4.98 Å². The fraction of sp³-hybridized carbons (Fsp3) is 0.824. The summed E-state index contributed by atoms with van der Waals surface area (Å²) in [6, 6.07) is 0.597. The van der Waals surface area contributed by atoms with Crippen molar-refractivity contribution in [2.75, 3.05) is 18.5 Å². The first-order valence-corrected chi connectivity index (χ1v) is 9.20. The van der Waals surface area contributed by atoms with Gasteiger partial charge in [0, 0.05) is 24.0 Å². The predicted molar refractivity (Wildman–Crippen MR) is 93.3 cm³/mol. The van der Waals surface area contributed by atoms with E-state index in [4.69, 9.17) is 4.98 Å². The lowest BCUT2D eigenvalue weighted by Gasteiger charge is -2.41. The molecule has 4 heteroatoms. The molecule has 21 heavy (non-hydrogen) atoms. The summed E-state index contributed by atoms with van der Waals surface area (Å²) in [6.45, 7) is 13.7. The molecule has 0 saturated carbocycles. The van der Waals surface area contributed by atoms with Gasteiger partial charge >= 0.3 is 0 Å². The normalized spacial score (nSPS) is 27.9. The van der Waals surface area contributed by atoms with Crippen molar-refractivity contribution in [3.8, 4) is 0 Å². The third-order valence-corrected chi connectivity index (χ3v) is 6.08. The summed E-state index contributed by atoms with van der Waals surface area (Å²) < 4.78 is 0. The summed E-state index contributed by atoms with van der Waals surface area (Å²) in [5.74, 6) is 2.06. The van der Waals surface area contributed by atoms with E-state index >= 15 is 0 Å². The van der Waals surface area contributed by atoms with Gasteiger partial charge in [-0.2, -0.15) is 0 Å². The van der Waals surface area contributed by atoms with Gasteiger partial charge in [0.25, 0.3) is 0 Å². The zero-order valence-corrected chi connectivity index (χ0v) is 15.3. The van der Waals surface area contributed by atoms with Crippen LogP contribution in [0.3, 0.4) is 0 Å². The SMILES string of the molecule is CCC(C)c1nc(N2CC(C)CC(C)C2C)sc1CNC. The molecule has 1 aliphatic rings. The van der Waals surface area contributed by atoms with Gasteiger partial charge in [-0.1, -0.05) is 27.7 Å². The largest absolute Gasteiger partial charge is 0.345 e. The Kier molecular flexibility index (Phi) is 5.67. The summed E-state index contributed by atoms with van der Waals surface area (Å²) in [5.41, 5.74) is 1.31. The van der Waals surface area contributed by atoms with Crippen molar-refractivity contribution < 1.29 is 0 Å². The van der Waals surface area contributed by atoms with Crippen molar-refractivity contribution in [3.63, 3.8) is 0 Å².